The first-order chi connectivity index (χ1) is 9.66. The van der Waals surface area contributed by atoms with Crippen molar-refractivity contribution in [2.24, 2.45) is 0 Å². The van der Waals surface area contributed by atoms with Crippen molar-refractivity contribution in [3.05, 3.63) is 59.9 Å². The number of pyridine rings is 1. The van der Waals surface area contributed by atoms with Crippen molar-refractivity contribution in [2.75, 3.05) is 25.5 Å². The highest BCUT2D eigenvalue weighted by molar-refractivity contribution is 5.94. The van der Waals surface area contributed by atoms with E-state index in [2.05, 4.69) is 10.3 Å². The fraction of sp³-hybridized carbons (Fsp3) is 0.250. The molecule has 20 heavy (non-hydrogen) atoms. The van der Waals surface area contributed by atoms with Gasteiger partial charge in [0.15, 0.2) is 0 Å². The zero-order chi connectivity index (χ0) is 14.4. The van der Waals surface area contributed by atoms with E-state index in [1.165, 1.54) is 0 Å². The van der Waals surface area contributed by atoms with Gasteiger partial charge in [-0.3, -0.25) is 9.78 Å². The number of nitrogens with one attached hydrogen (secondary N) is 1. The molecule has 0 unspecified atom stereocenters. The molecule has 0 fully saturated rings. The summed E-state index contributed by atoms with van der Waals surface area (Å²) in [4.78, 5) is 18.0. The lowest BCUT2D eigenvalue weighted by Crippen LogP contribution is -2.25. The number of rotatable bonds is 5. The second-order valence-corrected chi connectivity index (χ2v) is 4.81. The Hall–Kier alpha value is -2.36. The van der Waals surface area contributed by atoms with Gasteiger partial charge in [-0.15, -0.1) is 0 Å². The highest BCUT2D eigenvalue weighted by Crippen LogP contribution is 2.12. The molecule has 2 aromatic rings. The molecule has 4 heteroatoms. The summed E-state index contributed by atoms with van der Waals surface area (Å²) in [5, 5.41) is 2.92. The molecular weight excluding hydrogens is 250 g/mol. The first kappa shape index (κ1) is 14.1. The van der Waals surface area contributed by atoms with E-state index < -0.39 is 0 Å². The summed E-state index contributed by atoms with van der Waals surface area (Å²) in [5.74, 6) is -0.0424. The highest BCUT2D eigenvalue weighted by atomic mass is 16.1. The molecule has 1 amide bonds. The van der Waals surface area contributed by atoms with Crippen LogP contribution < -0.4 is 10.2 Å². The highest BCUT2D eigenvalue weighted by Gasteiger charge is 2.05. The number of hydrogen-bond donors (Lipinski definition) is 1. The minimum absolute atomic E-state index is 0.0424. The zero-order valence-corrected chi connectivity index (χ0v) is 11.8. The summed E-state index contributed by atoms with van der Waals surface area (Å²) < 4.78 is 0. The second kappa shape index (κ2) is 6.70. The Morgan fingerprint density at radius 2 is 1.95 bits per heavy atom. The van der Waals surface area contributed by atoms with Crippen LogP contribution in [0.3, 0.4) is 0 Å². The third-order valence-electron chi connectivity index (χ3n) is 3.07. The molecule has 1 N–H and O–H groups in total. The first-order valence-electron chi connectivity index (χ1n) is 6.61. The zero-order valence-electron chi connectivity index (χ0n) is 11.8. The molecule has 1 aromatic carbocycles. The van der Waals surface area contributed by atoms with Crippen molar-refractivity contribution < 1.29 is 4.79 Å². The van der Waals surface area contributed by atoms with Gasteiger partial charge in [0.2, 0.25) is 0 Å². The van der Waals surface area contributed by atoms with E-state index in [9.17, 15) is 4.79 Å². The lowest BCUT2D eigenvalue weighted by molar-refractivity contribution is 0.0954. The van der Waals surface area contributed by atoms with Gasteiger partial charge in [-0.25, -0.2) is 0 Å². The van der Waals surface area contributed by atoms with Crippen molar-refractivity contribution in [2.45, 2.75) is 6.42 Å². The van der Waals surface area contributed by atoms with E-state index in [1.54, 1.807) is 6.20 Å². The smallest absolute Gasteiger partial charge is 0.251 e. The van der Waals surface area contributed by atoms with Crippen molar-refractivity contribution in [3.63, 3.8) is 0 Å². The Balaban J connectivity index is 1.85. The van der Waals surface area contributed by atoms with Crippen LogP contribution in [0.15, 0.2) is 48.8 Å². The third-order valence-corrected chi connectivity index (χ3v) is 3.07. The molecule has 0 radical (unpaired) electrons. The van der Waals surface area contributed by atoms with Crippen LogP contribution in [0.2, 0.25) is 0 Å². The molecule has 0 aliphatic rings. The quantitative estimate of drug-likeness (QED) is 0.904. The van der Waals surface area contributed by atoms with Crippen molar-refractivity contribution in [1.29, 1.82) is 0 Å². The number of carbonyl (C=O) groups is 1. The van der Waals surface area contributed by atoms with E-state index in [-0.39, 0.29) is 5.91 Å². The summed E-state index contributed by atoms with van der Waals surface area (Å²) >= 11 is 0. The maximum absolute atomic E-state index is 12.0. The molecule has 4 nitrogen and oxygen atoms in total. The number of hydrogen-bond acceptors (Lipinski definition) is 3. The monoisotopic (exact) mass is 269 g/mol. The Kier molecular flexibility index (Phi) is 4.71. The minimum Gasteiger partial charge on any atom is -0.378 e. The van der Waals surface area contributed by atoms with Gasteiger partial charge in [0, 0.05) is 44.3 Å². The van der Waals surface area contributed by atoms with Crippen LogP contribution in [0.4, 0.5) is 5.69 Å². The van der Waals surface area contributed by atoms with Gasteiger partial charge < -0.3 is 10.2 Å². The number of benzene rings is 1. The van der Waals surface area contributed by atoms with Gasteiger partial charge >= 0.3 is 0 Å². The summed E-state index contributed by atoms with van der Waals surface area (Å²) in [5.41, 5.74) is 2.88. The Labute approximate surface area is 119 Å². The summed E-state index contributed by atoms with van der Waals surface area (Å²) in [7, 11) is 3.95. The molecule has 0 aliphatic carbocycles. The average molecular weight is 269 g/mol. The summed E-state index contributed by atoms with van der Waals surface area (Å²) in [6.07, 6.45) is 4.35. The number of carbonyl (C=O) groups excluding carboxylic acids is 1. The van der Waals surface area contributed by atoms with Crippen LogP contribution in [0, 0.1) is 0 Å². The van der Waals surface area contributed by atoms with Crippen molar-refractivity contribution in [1.82, 2.24) is 10.3 Å². The van der Waals surface area contributed by atoms with Crippen LogP contribution in [0.25, 0.3) is 0 Å². The van der Waals surface area contributed by atoms with E-state index in [0.29, 0.717) is 12.1 Å². The molecule has 0 saturated heterocycles. The standard InChI is InChI=1S/C16H19N3O/c1-19(2)15-7-5-14(6-8-15)16(20)18-11-9-13-4-3-10-17-12-13/h3-8,10,12H,9,11H2,1-2H3,(H,18,20). The van der Waals surface area contributed by atoms with E-state index in [0.717, 1.165) is 17.7 Å². The average Bonchev–Trinajstić information content (AvgIpc) is 2.48. The largest absolute Gasteiger partial charge is 0.378 e. The SMILES string of the molecule is CN(C)c1ccc(C(=O)NCCc2cccnc2)cc1. The molecule has 104 valence electrons. The van der Waals surface area contributed by atoms with Crippen LogP contribution >= 0.6 is 0 Å². The van der Waals surface area contributed by atoms with Gasteiger partial charge in [0.1, 0.15) is 0 Å². The maximum Gasteiger partial charge on any atom is 0.251 e. The minimum atomic E-state index is -0.0424. The Morgan fingerprint density at radius 1 is 1.20 bits per heavy atom. The summed E-state index contributed by atoms with van der Waals surface area (Å²) in [6, 6.07) is 11.5. The third kappa shape index (κ3) is 3.82. The van der Waals surface area contributed by atoms with E-state index >= 15 is 0 Å². The van der Waals surface area contributed by atoms with Crippen molar-refractivity contribution >= 4 is 11.6 Å². The normalized spacial score (nSPS) is 10.1. The molecular formula is C16H19N3O. The number of aromatic nitrogens is 1. The molecule has 0 atom stereocenters. The fourth-order valence-electron chi connectivity index (χ4n) is 1.88. The lowest BCUT2D eigenvalue weighted by atomic mass is 10.1. The topological polar surface area (TPSA) is 45.2 Å². The maximum atomic E-state index is 12.0. The van der Waals surface area contributed by atoms with Gasteiger partial charge in [0.05, 0.1) is 0 Å². The molecule has 1 aromatic heterocycles. The van der Waals surface area contributed by atoms with Gasteiger partial charge in [0.25, 0.3) is 5.91 Å². The Bertz CT molecular complexity index is 550. The molecule has 0 aliphatic heterocycles. The van der Waals surface area contributed by atoms with Gasteiger partial charge in [-0.05, 0) is 42.3 Å². The van der Waals surface area contributed by atoms with E-state index in [1.807, 2.05) is 61.6 Å². The number of amides is 1. The predicted octanol–water partition coefficient (Wildman–Crippen LogP) is 2.12. The lowest BCUT2D eigenvalue weighted by Gasteiger charge is -2.12. The van der Waals surface area contributed by atoms with E-state index in [4.69, 9.17) is 0 Å². The number of nitrogens with zero attached hydrogens (tertiary/aromatic N) is 2. The first-order valence-corrected chi connectivity index (χ1v) is 6.61. The summed E-state index contributed by atoms with van der Waals surface area (Å²) in [6.45, 7) is 0.611. The van der Waals surface area contributed by atoms with Crippen LogP contribution in [-0.2, 0) is 6.42 Å². The second-order valence-electron chi connectivity index (χ2n) is 4.81. The van der Waals surface area contributed by atoms with Crippen LogP contribution in [0.5, 0.6) is 0 Å². The van der Waals surface area contributed by atoms with Crippen LogP contribution in [0.1, 0.15) is 15.9 Å². The Morgan fingerprint density at radius 3 is 2.55 bits per heavy atom. The predicted molar refractivity (Wildman–Crippen MR) is 81.0 cm³/mol. The molecule has 2 rings (SSSR count). The molecule has 0 spiro atoms. The van der Waals surface area contributed by atoms with Gasteiger partial charge in [-0.2, -0.15) is 0 Å². The molecule has 1 heterocycles. The van der Waals surface area contributed by atoms with Crippen molar-refractivity contribution in [3.8, 4) is 0 Å². The number of anilines is 1. The molecule has 0 bridgehead atoms. The van der Waals surface area contributed by atoms with Crippen LogP contribution in [-0.4, -0.2) is 31.5 Å². The fourth-order valence-corrected chi connectivity index (χ4v) is 1.88. The molecule has 0 saturated carbocycles. The van der Waals surface area contributed by atoms with Gasteiger partial charge in [-0.1, -0.05) is 6.07 Å².